The Kier molecular flexibility index (Phi) is 7.42. The van der Waals surface area contributed by atoms with Crippen LogP contribution < -0.4 is 4.74 Å². The number of rotatable bonds is 4. The van der Waals surface area contributed by atoms with Crippen LogP contribution in [0, 0.1) is 47.0 Å². The summed E-state index contributed by atoms with van der Waals surface area (Å²) in [5, 5.41) is -0.685. The van der Waals surface area contributed by atoms with Gasteiger partial charge in [0, 0.05) is 30.2 Å². The smallest absolute Gasteiger partial charge is 0.427 e. The van der Waals surface area contributed by atoms with Crippen LogP contribution >= 0.6 is 11.3 Å². The lowest BCUT2D eigenvalue weighted by Gasteiger charge is -2.36. The molecule has 2 aromatic carbocycles. The van der Waals surface area contributed by atoms with E-state index in [1.807, 2.05) is 0 Å². The Morgan fingerprint density at radius 2 is 1.73 bits per heavy atom. The largest absolute Gasteiger partial charge is 0.454 e. The van der Waals surface area contributed by atoms with Crippen molar-refractivity contribution in [3.63, 3.8) is 0 Å². The number of benzene rings is 2. The molecule has 0 bridgehead atoms. The molecule has 196 valence electrons. The van der Waals surface area contributed by atoms with Gasteiger partial charge in [0.15, 0.2) is 17.5 Å². The summed E-state index contributed by atoms with van der Waals surface area (Å²) in [6, 6.07) is 5.75. The van der Waals surface area contributed by atoms with Gasteiger partial charge < -0.3 is 9.47 Å². The zero-order valence-corrected chi connectivity index (χ0v) is 21.0. The Morgan fingerprint density at radius 3 is 2.41 bits per heavy atom. The van der Waals surface area contributed by atoms with Crippen LogP contribution in [-0.4, -0.2) is 17.7 Å². The lowest BCUT2D eigenvalue weighted by Crippen LogP contribution is -2.33. The molecule has 1 aliphatic carbocycles. The van der Waals surface area contributed by atoms with E-state index in [-0.39, 0.29) is 0 Å². The Morgan fingerprint density at radius 1 is 1.00 bits per heavy atom. The monoisotopic (exact) mass is 535 g/mol. The summed E-state index contributed by atoms with van der Waals surface area (Å²) >= 11 is 0.697. The maximum Gasteiger partial charge on any atom is 0.454 e. The molecule has 2 atom stereocenters. The highest BCUT2D eigenvalue weighted by atomic mass is 32.1. The number of hydrogen-bond donors (Lipinski definition) is 0. The molecule has 0 N–H and O–H groups in total. The summed E-state index contributed by atoms with van der Waals surface area (Å²) in [4.78, 5) is 3.91. The second kappa shape index (κ2) is 10.6. The molecule has 3 aromatic rings. The third-order valence-electron chi connectivity index (χ3n) is 7.10. The minimum Gasteiger partial charge on any atom is -0.427 e. The first-order valence-corrected chi connectivity index (χ1v) is 13.2. The summed E-state index contributed by atoms with van der Waals surface area (Å²) in [7, 11) is 0. The molecule has 2 aliphatic rings. The van der Waals surface area contributed by atoms with Crippen LogP contribution in [0.25, 0.3) is 10.2 Å². The lowest BCUT2D eigenvalue weighted by molar-refractivity contribution is -0.185. The van der Waals surface area contributed by atoms with Crippen molar-refractivity contribution in [2.24, 2.45) is 17.8 Å². The first-order valence-electron chi connectivity index (χ1n) is 12.4. The molecule has 9 heteroatoms. The van der Waals surface area contributed by atoms with E-state index in [4.69, 9.17) is 4.74 Å². The minimum atomic E-state index is -3.97. The summed E-state index contributed by atoms with van der Waals surface area (Å²) in [5.41, 5.74) is 1.02. The number of ether oxygens (including phenoxy) is 2. The third kappa shape index (κ3) is 5.91. The van der Waals surface area contributed by atoms with E-state index >= 15 is 0 Å². The van der Waals surface area contributed by atoms with E-state index in [9.17, 15) is 22.0 Å². The first kappa shape index (κ1) is 25.9. The van der Waals surface area contributed by atoms with Gasteiger partial charge in [-0.15, -0.1) is 11.3 Å². The van der Waals surface area contributed by atoms with E-state index in [0.29, 0.717) is 63.1 Å². The molecule has 1 aromatic heterocycles. The third-order valence-corrected chi connectivity index (χ3v) is 8.17. The molecule has 3 nitrogen and oxygen atoms in total. The van der Waals surface area contributed by atoms with Crippen molar-refractivity contribution in [3.8, 4) is 17.6 Å². The lowest BCUT2D eigenvalue weighted by atomic mass is 9.77. The van der Waals surface area contributed by atoms with Gasteiger partial charge in [0.25, 0.3) is 0 Å². The average Bonchev–Trinajstić information content (AvgIpc) is 3.31. The quantitative estimate of drug-likeness (QED) is 0.194. The van der Waals surface area contributed by atoms with Crippen molar-refractivity contribution >= 4 is 21.6 Å². The highest BCUT2D eigenvalue weighted by Gasteiger charge is 2.39. The van der Waals surface area contributed by atoms with Crippen LogP contribution in [0.3, 0.4) is 0 Å². The normalized spacial score (nSPS) is 24.5. The van der Waals surface area contributed by atoms with E-state index in [2.05, 4.69) is 28.5 Å². The molecular weight excluding hydrogens is 509 g/mol. The SMILES string of the molecule is CC1CCC(C2CCC(C#Cc3ccc4nc(C(F)(F)Oc5cc(F)c(F)c(F)c5)sc4c3)CC2)OC1. The number of halogens is 5. The van der Waals surface area contributed by atoms with Gasteiger partial charge in [-0.3, -0.25) is 0 Å². The standard InChI is InChI=1S/C28H26F5NO2S/c1-16-2-11-24(35-15-16)19-8-5-17(6-9-19)3-4-18-7-10-23-25(12-18)37-27(34-23)28(32,33)36-20-13-21(29)26(31)22(30)14-20/h7,10,12-14,16-17,19,24H,2,5-6,8-9,11,15H2,1H3. The molecule has 37 heavy (non-hydrogen) atoms. The van der Waals surface area contributed by atoms with E-state index in [1.165, 1.54) is 6.42 Å². The van der Waals surface area contributed by atoms with Crippen LogP contribution in [0.4, 0.5) is 22.0 Å². The zero-order valence-electron chi connectivity index (χ0n) is 20.2. The van der Waals surface area contributed by atoms with Crippen molar-refractivity contribution in [2.45, 2.75) is 57.7 Å². The number of hydrogen-bond acceptors (Lipinski definition) is 4. The van der Waals surface area contributed by atoms with Gasteiger partial charge >= 0.3 is 6.11 Å². The Balaban J connectivity index is 1.24. The molecular formula is C28H26F5NO2S. The zero-order chi connectivity index (χ0) is 26.2. The predicted molar refractivity (Wildman–Crippen MR) is 131 cm³/mol. The van der Waals surface area contributed by atoms with Crippen molar-refractivity contribution in [3.05, 3.63) is 58.4 Å². The van der Waals surface area contributed by atoms with Crippen LogP contribution in [0.15, 0.2) is 30.3 Å². The number of thiazole rings is 1. The van der Waals surface area contributed by atoms with Crippen LogP contribution in [0.2, 0.25) is 0 Å². The highest BCUT2D eigenvalue weighted by molar-refractivity contribution is 7.18. The maximum absolute atomic E-state index is 14.7. The number of nitrogens with zero attached hydrogens (tertiary/aromatic N) is 1. The van der Waals surface area contributed by atoms with Gasteiger partial charge in [0.1, 0.15) is 5.75 Å². The van der Waals surface area contributed by atoms with Crippen molar-refractivity contribution in [2.75, 3.05) is 6.61 Å². The molecule has 2 unspecified atom stereocenters. The van der Waals surface area contributed by atoms with Crippen LogP contribution in [0.1, 0.15) is 56.0 Å². The second-order valence-corrected chi connectivity index (χ2v) is 11.0. The molecule has 1 saturated carbocycles. The highest BCUT2D eigenvalue weighted by Crippen LogP contribution is 2.38. The summed E-state index contributed by atoms with van der Waals surface area (Å²) in [5.74, 6) is 2.21. The fourth-order valence-electron chi connectivity index (χ4n) is 5.01. The van der Waals surface area contributed by atoms with E-state index in [1.54, 1.807) is 18.2 Å². The summed E-state index contributed by atoms with van der Waals surface area (Å²) in [6.07, 6.45) is 3.03. The number of alkyl halides is 2. The average molecular weight is 536 g/mol. The number of aromatic nitrogens is 1. The van der Waals surface area contributed by atoms with Crippen LogP contribution in [-0.2, 0) is 10.8 Å². The molecule has 0 radical (unpaired) electrons. The summed E-state index contributed by atoms with van der Waals surface area (Å²) < 4.78 is 80.2. The second-order valence-electron chi connectivity index (χ2n) is 9.96. The van der Waals surface area contributed by atoms with Gasteiger partial charge in [-0.05, 0) is 68.6 Å². The van der Waals surface area contributed by atoms with Crippen molar-refractivity contribution < 1.29 is 31.4 Å². The predicted octanol–water partition coefficient (Wildman–Crippen LogP) is 7.81. The molecule has 5 rings (SSSR count). The molecule has 1 aliphatic heterocycles. The van der Waals surface area contributed by atoms with Crippen molar-refractivity contribution in [1.82, 2.24) is 4.98 Å². The fraction of sp³-hybridized carbons (Fsp3) is 0.464. The van der Waals surface area contributed by atoms with Gasteiger partial charge in [0.05, 0.1) is 16.3 Å². The molecule has 0 spiro atoms. The van der Waals surface area contributed by atoms with E-state index in [0.717, 1.165) is 38.7 Å². The van der Waals surface area contributed by atoms with Gasteiger partial charge in [-0.1, -0.05) is 18.8 Å². The van der Waals surface area contributed by atoms with E-state index < -0.39 is 34.3 Å². The number of fused-ring (bicyclic) bond motifs is 1. The summed E-state index contributed by atoms with van der Waals surface area (Å²) in [6.45, 7) is 3.08. The van der Waals surface area contributed by atoms with Crippen LogP contribution in [0.5, 0.6) is 5.75 Å². The Labute approximate surface area is 216 Å². The van der Waals surface area contributed by atoms with Gasteiger partial charge in [-0.25, -0.2) is 18.2 Å². The minimum absolute atomic E-state index is 0.292. The molecule has 1 saturated heterocycles. The van der Waals surface area contributed by atoms with Crippen molar-refractivity contribution in [1.29, 1.82) is 0 Å². The fourth-order valence-corrected chi connectivity index (χ4v) is 5.92. The van der Waals surface area contributed by atoms with Gasteiger partial charge in [-0.2, -0.15) is 8.78 Å². The topological polar surface area (TPSA) is 31.4 Å². The Hall–Kier alpha value is -2.70. The molecule has 2 heterocycles. The maximum atomic E-state index is 14.7. The molecule has 0 amide bonds. The molecule has 2 fully saturated rings. The first-order chi connectivity index (χ1) is 17.7. The van der Waals surface area contributed by atoms with Gasteiger partial charge in [0.2, 0.25) is 5.01 Å². The Bertz CT molecular complexity index is 1310.